The van der Waals surface area contributed by atoms with Gasteiger partial charge in [0, 0.05) is 30.3 Å². The van der Waals surface area contributed by atoms with Crippen molar-refractivity contribution in [3.05, 3.63) is 58.1 Å². The van der Waals surface area contributed by atoms with Gasteiger partial charge in [-0.25, -0.2) is 0 Å². The van der Waals surface area contributed by atoms with Gasteiger partial charge in [0.25, 0.3) is 0 Å². The summed E-state index contributed by atoms with van der Waals surface area (Å²) >= 11 is 1.59. The lowest BCUT2D eigenvalue weighted by Gasteiger charge is -2.25. The van der Waals surface area contributed by atoms with E-state index >= 15 is 0 Å². The summed E-state index contributed by atoms with van der Waals surface area (Å²) in [5.74, 6) is 1.20. The van der Waals surface area contributed by atoms with E-state index in [1.807, 2.05) is 21.7 Å². The zero-order valence-corrected chi connectivity index (χ0v) is 15.5. The highest BCUT2D eigenvalue weighted by atomic mass is 32.1. The SMILES string of the molecule is Cc1ccc(C2CCCN2C(=O)CCc2nnc(-c3ccsc3)o2)cc1. The highest BCUT2D eigenvalue weighted by molar-refractivity contribution is 7.08. The number of likely N-dealkylation sites (tertiary alicyclic amines) is 1. The maximum atomic E-state index is 12.7. The van der Waals surface area contributed by atoms with E-state index in [-0.39, 0.29) is 11.9 Å². The van der Waals surface area contributed by atoms with Gasteiger partial charge in [0.2, 0.25) is 17.7 Å². The minimum absolute atomic E-state index is 0.156. The van der Waals surface area contributed by atoms with E-state index in [0.29, 0.717) is 24.6 Å². The molecule has 1 aliphatic rings. The van der Waals surface area contributed by atoms with Crippen molar-refractivity contribution >= 4 is 17.2 Å². The average Bonchev–Trinajstić information content (AvgIpc) is 3.40. The van der Waals surface area contributed by atoms with Crippen LogP contribution < -0.4 is 0 Å². The van der Waals surface area contributed by atoms with Crippen molar-refractivity contribution in [3.63, 3.8) is 0 Å². The van der Waals surface area contributed by atoms with Gasteiger partial charge in [-0.1, -0.05) is 29.8 Å². The zero-order valence-electron chi connectivity index (χ0n) is 14.7. The predicted octanol–water partition coefficient (Wildman–Crippen LogP) is 4.40. The van der Waals surface area contributed by atoms with Gasteiger partial charge < -0.3 is 9.32 Å². The Morgan fingerprint density at radius 3 is 2.88 bits per heavy atom. The first-order chi connectivity index (χ1) is 12.7. The third-order valence-corrected chi connectivity index (χ3v) is 5.51. The lowest BCUT2D eigenvalue weighted by Crippen LogP contribution is -2.30. The van der Waals surface area contributed by atoms with Crippen molar-refractivity contribution in [3.8, 4) is 11.5 Å². The molecule has 0 aliphatic carbocycles. The lowest BCUT2D eigenvalue weighted by atomic mass is 10.0. The summed E-state index contributed by atoms with van der Waals surface area (Å²) in [7, 11) is 0. The van der Waals surface area contributed by atoms with Gasteiger partial charge in [-0.3, -0.25) is 4.79 Å². The summed E-state index contributed by atoms with van der Waals surface area (Å²) in [5, 5.41) is 12.1. The summed E-state index contributed by atoms with van der Waals surface area (Å²) in [6.45, 7) is 2.90. The quantitative estimate of drug-likeness (QED) is 0.670. The number of aromatic nitrogens is 2. The Balaban J connectivity index is 1.39. The number of thiophene rings is 1. The highest BCUT2D eigenvalue weighted by Gasteiger charge is 2.29. The van der Waals surface area contributed by atoms with Crippen LogP contribution >= 0.6 is 11.3 Å². The molecule has 0 bridgehead atoms. The van der Waals surface area contributed by atoms with E-state index < -0.39 is 0 Å². The number of amides is 1. The number of carbonyl (C=O) groups is 1. The molecule has 3 heterocycles. The molecule has 1 fully saturated rings. The molecule has 26 heavy (non-hydrogen) atoms. The molecule has 1 atom stereocenters. The molecule has 0 N–H and O–H groups in total. The minimum atomic E-state index is 0.156. The summed E-state index contributed by atoms with van der Waals surface area (Å²) < 4.78 is 5.68. The number of nitrogens with zero attached hydrogens (tertiary/aromatic N) is 3. The molecular formula is C20H21N3O2S. The molecule has 3 aromatic rings. The molecule has 4 rings (SSSR count). The summed E-state index contributed by atoms with van der Waals surface area (Å²) in [4.78, 5) is 14.7. The van der Waals surface area contributed by atoms with Gasteiger partial charge in [-0.2, -0.15) is 11.3 Å². The molecule has 1 aromatic carbocycles. The average molecular weight is 367 g/mol. The molecule has 1 aliphatic heterocycles. The van der Waals surface area contributed by atoms with Crippen molar-refractivity contribution in [1.29, 1.82) is 0 Å². The number of benzene rings is 1. The molecular weight excluding hydrogens is 346 g/mol. The first kappa shape index (κ1) is 17.0. The van der Waals surface area contributed by atoms with Crippen molar-refractivity contribution in [2.75, 3.05) is 6.54 Å². The van der Waals surface area contributed by atoms with Crippen LogP contribution in [0, 0.1) is 6.92 Å². The van der Waals surface area contributed by atoms with Gasteiger partial charge >= 0.3 is 0 Å². The van der Waals surface area contributed by atoms with E-state index in [9.17, 15) is 4.79 Å². The molecule has 0 radical (unpaired) electrons. The Hall–Kier alpha value is -2.47. The van der Waals surface area contributed by atoms with E-state index in [4.69, 9.17) is 4.42 Å². The number of hydrogen-bond acceptors (Lipinski definition) is 5. The highest BCUT2D eigenvalue weighted by Crippen LogP contribution is 2.32. The van der Waals surface area contributed by atoms with Crippen molar-refractivity contribution in [2.45, 2.75) is 38.6 Å². The molecule has 2 aromatic heterocycles. The van der Waals surface area contributed by atoms with Crippen molar-refractivity contribution in [2.24, 2.45) is 0 Å². The monoisotopic (exact) mass is 367 g/mol. The van der Waals surface area contributed by atoms with Gasteiger partial charge in [0.1, 0.15) is 0 Å². The van der Waals surface area contributed by atoms with Crippen LogP contribution in [0.3, 0.4) is 0 Å². The summed E-state index contributed by atoms with van der Waals surface area (Å²) in [6.07, 6.45) is 2.95. The van der Waals surface area contributed by atoms with Gasteiger partial charge in [0.15, 0.2) is 0 Å². The number of carbonyl (C=O) groups excluding carboxylic acids is 1. The fraction of sp³-hybridized carbons (Fsp3) is 0.350. The Bertz CT molecular complexity index is 871. The standard InChI is InChI=1S/C20H21N3O2S/c1-14-4-6-15(7-5-14)17-3-2-11-23(17)19(24)9-8-18-21-22-20(25-18)16-10-12-26-13-16/h4-7,10,12-13,17H,2-3,8-9,11H2,1H3. The van der Waals surface area contributed by atoms with Gasteiger partial charge in [-0.15, -0.1) is 10.2 Å². The number of rotatable bonds is 5. The Morgan fingerprint density at radius 2 is 2.12 bits per heavy atom. The normalized spacial score (nSPS) is 17.0. The fourth-order valence-electron chi connectivity index (χ4n) is 3.42. The molecule has 1 unspecified atom stereocenters. The van der Waals surface area contributed by atoms with Crippen LogP contribution in [-0.4, -0.2) is 27.5 Å². The number of hydrogen-bond donors (Lipinski definition) is 0. The molecule has 0 saturated carbocycles. The lowest BCUT2D eigenvalue weighted by molar-refractivity contribution is -0.132. The van der Waals surface area contributed by atoms with Crippen LogP contribution in [0.25, 0.3) is 11.5 Å². The molecule has 134 valence electrons. The zero-order chi connectivity index (χ0) is 17.9. The van der Waals surface area contributed by atoms with Crippen molar-refractivity contribution in [1.82, 2.24) is 15.1 Å². The van der Waals surface area contributed by atoms with E-state index in [0.717, 1.165) is 24.9 Å². The third-order valence-electron chi connectivity index (χ3n) is 4.82. The molecule has 6 heteroatoms. The van der Waals surface area contributed by atoms with Crippen LogP contribution in [0.1, 0.15) is 42.3 Å². The second kappa shape index (κ2) is 7.41. The van der Waals surface area contributed by atoms with E-state index in [1.54, 1.807) is 11.3 Å². The summed E-state index contributed by atoms with van der Waals surface area (Å²) in [6, 6.07) is 10.6. The molecule has 5 nitrogen and oxygen atoms in total. The van der Waals surface area contributed by atoms with Gasteiger partial charge in [-0.05, 0) is 36.8 Å². The summed E-state index contributed by atoms with van der Waals surface area (Å²) in [5.41, 5.74) is 3.39. The van der Waals surface area contributed by atoms with Crippen LogP contribution in [0.15, 0.2) is 45.5 Å². The first-order valence-electron chi connectivity index (χ1n) is 8.92. The Kier molecular flexibility index (Phi) is 4.84. The second-order valence-corrected chi connectivity index (χ2v) is 7.45. The van der Waals surface area contributed by atoms with Crippen LogP contribution in [-0.2, 0) is 11.2 Å². The van der Waals surface area contributed by atoms with Gasteiger partial charge in [0.05, 0.1) is 6.04 Å². The van der Waals surface area contributed by atoms with Crippen LogP contribution in [0.2, 0.25) is 0 Å². The maximum Gasteiger partial charge on any atom is 0.248 e. The molecule has 0 spiro atoms. The maximum absolute atomic E-state index is 12.7. The van der Waals surface area contributed by atoms with E-state index in [1.165, 1.54) is 11.1 Å². The van der Waals surface area contributed by atoms with Crippen LogP contribution in [0.5, 0.6) is 0 Å². The fourth-order valence-corrected chi connectivity index (χ4v) is 4.05. The molecule has 1 saturated heterocycles. The third kappa shape index (κ3) is 3.55. The van der Waals surface area contributed by atoms with E-state index in [2.05, 4.69) is 41.4 Å². The minimum Gasteiger partial charge on any atom is -0.421 e. The van der Waals surface area contributed by atoms with Crippen molar-refractivity contribution < 1.29 is 9.21 Å². The Labute approximate surface area is 156 Å². The molecule has 1 amide bonds. The Morgan fingerprint density at radius 1 is 1.27 bits per heavy atom. The number of aryl methyl sites for hydroxylation is 2. The largest absolute Gasteiger partial charge is 0.421 e. The predicted molar refractivity (Wildman–Crippen MR) is 101 cm³/mol. The topological polar surface area (TPSA) is 59.2 Å². The smallest absolute Gasteiger partial charge is 0.248 e. The van der Waals surface area contributed by atoms with Crippen LogP contribution in [0.4, 0.5) is 0 Å². The first-order valence-corrected chi connectivity index (χ1v) is 9.86. The second-order valence-electron chi connectivity index (χ2n) is 6.67.